The Morgan fingerprint density at radius 3 is 2.72 bits per heavy atom. The van der Waals surface area contributed by atoms with Crippen LogP contribution >= 0.6 is 0 Å². The number of aliphatic imine (C=N–C) groups is 1. The van der Waals surface area contributed by atoms with E-state index in [2.05, 4.69) is 15.0 Å². The number of alkyl halides is 3. The molecule has 0 aliphatic carbocycles. The molecule has 0 unspecified atom stereocenters. The van der Waals surface area contributed by atoms with Crippen LogP contribution in [-0.4, -0.2) is 56.7 Å². The summed E-state index contributed by atoms with van der Waals surface area (Å²) < 4.78 is 42.7. The van der Waals surface area contributed by atoms with Gasteiger partial charge in [-0.15, -0.1) is 0 Å². The molecular weight excluding hydrogens is 251 g/mol. The molecule has 1 aliphatic rings. The second-order valence-corrected chi connectivity index (χ2v) is 3.53. The predicted octanol–water partition coefficient (Wildman–Crippen LogP) is 0.539. The van der Waals surface area contributed by atoms with Gasteiger partial charge in [0.1, 0.15) is 0 Å². The van der Waals surface area contributed by atoms with Crippen LogP contribution in [0.1, 0.15) is 0 Å². The van der Waals surface area contributed by atoms with Crippen LogP contribution in [-0.2, 0) is 9.53 Å². The number of carbonyl (C=O) groups is 1. The number of halogens is 3. The van der Waals surface area contributed by atoms with Crippen LogP contribution in [0.25, 0.3) is 0 Å². The molecule has 0 aromatic carbocycles. The topological polar surface area (TPSA) is 53.9 Å². The molecule has 1 saturated heterocycles. The largest absolute Gasteiger partial charge is 0.466 e. The maximum atomic E-state index is 12.8. The highest BCUT2D eigenvalue weighted by Gasteiger charge is 2.41. The Balaban J connectivity index is 3.03. The highest BCUT2D eigenvalue weighted by molar-refractivity contribution is 5.91. The summed E-state index contributed by atoms with van der Waals surface area (Å²) in [6, 6.07) is 0. The van der Waals surface area contributed by atoms with E-state index in [1.807, 2.05) is 0 Å². The molecule has 0 spiro atoms. The number of hydrogen-bond donors (Lipinski definition) is 1. The lowest BCUT2D eigenvalue weighted by molar-refractivity contribution is -0.135. The van der Waals surface area contributed by atoms with Crippen molar-refractivity contribution < 1.29 is 22.7 Å². The second-order valence-electron chi connectivity index (χ2n) is 3.53. The van der Waals surface area contributed by atoms with E-state index in [0.717, 1.165) is 18.0 Å². The van der Waals surface area contributed by atoms with Gasteiger partial charge in [0, 0.05) is 38.5 Å². The Kier molecular flexibility index (Phi) is 4.71. The van der Waals surface area contributed by atoms with Crippen LogP contribution in [0.3, 0.4) is 0 Å². The fraction of sp³-hybridized carbons (Fsp3) is 0.600. The first kappa shape index (κ1) is 14.5. The van der Waals surface area contributed by atoms with E-state index >= 15 is 0 Å². The molecule has 0 aromatic heterocycles. The lowest BCUT2D eigenvalue weighted by Crippen LogP contribution is -2.49. The number of esters is 1. The van der Waals surface area contributed by atoms with Crippen molar-refractivity contribution >= 4 is 11.8 Å². The van der Waals surface area contributed by atoms with E-state index in [1.165, 1.54) is 7.11 Å². The summed E-state index contributed by atoms with van der Waals surface area (Å²) in [5.74, 6) is -1.71. The highest BCUT2D eigenvalue weighted by Crippen LogP contribution is 2.23. The third-order valence-corrected chi connectivity index (χ3v) is 2.37. The molecule has 8 heteroatoms. The molecule has 18 heavy (non-hydrogen) atoms. The summed E-state index contributed by atoms with van der Waals surface area (Å²) in [7, 11) is 2.24. The molecular formula is C10H14F3N3O2. The fourth-order valence-electron chi connectivity index (χ4n) is 1.61. The summed E-state index contributed by atoms with van der Waals surface area (Å²) in [5, 5.41) is 2.88. The van der Waals surface area contributed by atoms with Gasteiger partial charge in [0.25, 0.3) is 0 Å². The molecule has 102 valence electrons. The van der Waals surface area contributed by atoms with Gasteiger partial charge < -0.3 is 15.0 Å². The van der Waals surface area contributed by atoms with E-state index < -0.39 is 18.0 Å². The number of methoxy groups -OCH3 is 1. The van der Waals surface area contributed by atoms with E-state index in [9.17, 15) is 18.0 Å². The van der Waals surface area contributed by atoms with Crippen LogP contribution in [0.15, 0.2) is 16.8 Å². The molecule has 0 bridgehead atoms. The zero-order valence-electron chi connectivity index (χ0n) is 10.0. The zero-order valence-corrected chi connectivity index (χ0v) is 10.0. The summed E-state index contributed by atoms with van der Waals surface area (Å²) in [6.45, 7) is 0.632. The molecule has 0 radical (unpaired) electrons. The normalized spacial score (nSPS) is 20.2. The Morgan fingerprint density at radius 2 is 2.22 bits per heavy atom. The number of piperazine rings is 1. The minimum atomic E-state index is -4.55. The quantitative estimate of drug-likeness (QED) is 0.325. The van der Waals surface area contributed by atoms with Crippen LogP contribution in [0.5, 0.6) is 0 Å². The van der Waals surface area contributed by atoms with Crippen LogP contribution in [0.4, 0.5) is 13.2 Å². The Labute approximate surface area is 102 Å². The number of nitrogens with zero attached hydrogens (tertiary/aromatic N) is 2. The van der Waals surface area contributed by atoms with E-state index in [-0.39, 0.29) is 18.8 Å². The van der Waals surface area contributed by atoms with E-state index in [0.29, 0.717) is 6.54 Å². The van der Waals surface area contributed by atoms with Crippen molar-refractivity contribution in [2.45, 2.75) is 6.18 Å². The van der Waals surface area contributed by atoms with Crippen molar-refractivity contribution in [1.82, 2.24) is 10.2 Å². The van der Waals surface area contributed by atoms with E-state index in [1.54, 1.807) is 0 Å². The maximum Gasteiger partial charge on any atom is 0.449 e. The number of amidine groups is 1. The van der Waals surface area contributed by atoms with Crippen molar-refractivity contribution in [3.8, 4) is 0 Å². The molecule has 1 aliphatic heterocycles. The van der Waals surface area contributed by atoms with Crippen molar-refractivity contribution in [3.05, 3.63) is 11.8 Å². The molecule has 0 amide bonds. The Hall–Kier alpha value is -1.57. The summed E-state index contributed by atoms with van der Waals surface area (Å²) in [6.07, 6.45) is -3.52. The molecule has 1 heterocycles. The van der Waals surface area contributed by atoms with Gasteiger partial charge in [-0.2, -0.15) is 13.2 Å². The molecule has 0 atom stereocenters. The van der Waals surface area contributed by atoms with Gasteiger partial charge in [0.05, 0.1) is 7.11 Å². The van der Waals surface area contributed by atoms with Crippen LogP contribution in [0, 0.1) is 0 Å². The monoisotopic (exact) mass is 265 g/mol. The van der Waals surface area contributed by atoms with Crippen molar-refractivity contribution in [3.63, 3.8) is 0 Å². The first-order chi connectivity index (χ1) is 8.40. The lowest BCUT2D eigenvalue weighted by Gasteiger charge is -2.33. The minimum absolute atomic E-state index is 0.0923. The van der Waals surface area contributed by atoms with Gasteiger partial charge in [-0.25, -0.2) is 4.79 Å². The fourth-order valence-corrected chi connectivity index (χ4v) is 1.61. The first-order valence-electron chi connectivity index (χ1n) is 5.21. The molecule has 0 aromatic rings. The number of nitrogens with one attached hydrogen (secondary N) is 1. The number of hydrogen-bond acceptors (Lipinski definition) is 4. The van der Waals surface area contributed by atoms with Crippen LogP contribution in [0.2, 0.25) is 0 Å². The average Bonchev–Trinajstić information content (AvgIpc) is 2.30. The second kappa shape index (κ2) is 5.85. The smallest absolute Gasteiger partial charge is 0.449 e. The third kappa shape index (κ3) is 3.46. The Bertz CT molecular complexity index is 377. The molecule has 1 N–H and O–H groups in total. The number of ether oxygens (including phenoxy) is 1. The summed E-state index contributed by atoms with van der Waals surface area (Å²) >= 11 is 0. The summed E-state index contributed by atoms with van der Waals surface area (Å²) in [4.78, 5) is 15.4. The molecule has 0 saturated carbocycles. The van der Waals surface area contributed by atoms with Crippen LogP contribution < -0.4 is 5.32 Å². The predicted molar refractivity (Wildman–Crippen MR) is 59.1 cm³/mol. The maximum absolute atomic E-state index is 12.8. The molecule has 1 fully saturated rings. The number of carbonyl (C=O) groups excluding carboxylic acids is 1. The third-order valence-electron chi connectivity index (χ3n) is 2.37. The lowest BCUT2D eigenvalue weighted by atomic mass is 10.2. The number of rotatable bonds is 1. The standard InChI is InChI=1S/C10H14F3N3O2/c1-14-9(10(11,12)13)16-4-3-15-6-7(16)5-8(17)18-2/h5,15H,3-4,6H2,1-2H3/b7-5+,14-9-. The molecule has 5 nitrogen and oxygen atoms in total. The van der Waals surface area contributed by atoms with E-state index in [4.69, 9.17) is 0 Å². The van der Waals surface area contributed by atoms with Crippen molar-refractivity contribution in [2.75, 3.05) is 33.8 Å². The van der Waals surface area contributed by atoms with Gasteiger partial charge in [0.15, 0.2) is 0 Å². The van der Waals surface area contributed by atoms with Crippen molar-refractivity contribution in [1.29, 1.82) is 0 Å². The van der Waals surface area contributed by atoms with Gasteiger partial charge in [-0.05, 0) is 0 Å². The summed E-state index contributed by atoms with van der Waals surface area (Å²) in [5.41, 5.74) is 0.186. The van der Waals surface area contributed by atoms with Crippen molar-refractivity contribution in [2.24, 2.45) is 4.99 Å². The van der Waals surface area contributed by atoms with Gasteiger partial charge in [-0.1, -0.05) is 0 Å². The average molecular weight is 265 g/mol. The molecule has 1 rings (SSSR count). The Morgan fingerprint density at radius 1 is 1.56 bits per heavy atom. The van der Waals surface area contributed by atoms with Gasteiger partial charge >= 0.3 is 12.1 Å². The van der Waals surface area contributed by atoms with Gasteiger partial charge in [-0.3, -0.25) is 4.99 Å². The SMILES string of the molecule is C/N=C(\N1CCNC/C1=C\C(=O)OC)C(F)(F)F. The first-order valence-corrected chi connectivity index (χ1v) is 5.21. The minimum Gasteiger partial charge on any atom is -0.466 e. The van der Waals surface area contributed by atoms with Gasteiger partial charge in [0.2, 0.25) is 5.84 Å². The highest BCUT2D eigenvalue weighted by atomic mass is 19.4. The zero-order chi connectivity index (χ0) is 13.8.